The predicted octanol–water partition coefficient (Wildman–Crippen LogP) is 5.07. The van der Waals surface area contributed by atoms with Crippen molar-refractivity contribution >= 4 is 15.9 Å². The van der Waals surface area contributed by atoms with Gasteiger partial charge in [0.15, 0.2) is 4.67 Å². The SMILES string of the molecule is CCNC(c1ccc(Br)o1)c1ccc(C(F)(F)F)cc1C. The number of hydrogen-bond acceptors (Lipinski definition) is 2. The van der Waals surface area contributed by atoms with Crippen LogP contribution in [0.4, 0.5) is 13.2 Å². The number of halogens is 4. The van der Waals surface area contributed by atoms with E-state index in [1.807, 2.05) is 6.92 Å². The van der Waals surface area contributed by atoms with Gasteiger partial charge >= 0.3 is 6.18 Å². The lowest BCUT2D eigenvalue weighted by atomic mass is 9.97. The van der Waals surface area contributed by atoms with E-state index in [1.54, 1.807) is 19.1 Å². The summed E-state index contributed by atoms with van der Waals surface area (Å²) in [5.74, 6) is 0.659. The molecule has 6 heteroatoms. The highest BCUT2D eigenvalue weighted by atomic mass is 79.9. The molecule has 1 aromatic heterocycles. The van der Waals surface area contributed by atoms with Crippen molar-refractivity contribution in [2.24, 2.45) is 0 Å². The van der Waals surface area contributed by atoms with Crippen molar-refractivity contribution in [3.8, 4) is 0 Å². The third-order valence-corrected chi connectivity index (χ3v) is 3.62. The molecule has 1 N–H and O–H groups in total. The van der Waals surface area contributed by atoms with Gasteiger partial charge in [0.05, 0.1) is 11.6 Å². The van der Waals surface area contributed by atoms with Crippen LogP contribution in [0.15, 0.2) is 39.4 Å². The zero-order valence-corrected chi connectivity index (χ0v) is 13.2. The van der Waals surface area contributed by atoms with Crippen LogP contribution < -0.4 is 5.32 Å². The topological polar surface area (TPSA) is 25.2 Å². The molecule has 2 nitrogen and oxygen atoms in total. The van der Waals surface area contributed by atoms with Crippen molar-refractivity contribution in [2.75, 3.05) is 6.54 Å². The number of nitrogens with one attached hydrogen (secondary N) is 1. The summed E-state index contributed by atoms with van der Waals surface area (Å²) in [6.07, 6.45) is -4.33. The Morgan fingerprint density at radius 1 is 1.24 bits per heavy atom. The first-order valence-corrected chi connectivity index (χ1v) is 7.28. The number of benzene rings is 1. The maximum absolute atomic E-state index is 12.7. The molecular formula is C15H15BrF3NO. The fourth-order valence-corrected chi connectivity index (χ4v) is 2.55. The molecule has 1 heterocycles. The molecule has 0 saturated heterocycles. The van der Waals surface area contributed by atoms with Crippen LogP contribution in [-0.4, -0.2) is 6.54 Å². The second-order valence-electron chi connectivity index (χ2n) is 4.70. The molecule has 0 saturated carbocycles. The third-order valence-electron chi connectivity index (χ3n) is 3.19. The molecule has 1 unspecified atom stereocenters. The molecule has 1 aromatic carbocycles. The van der Waals surface area contributed by atoms with Gasteiger partial charge in [0.1, 0.15) is 5.76 Å². The van der Waals surface area contributed by atoms with Gasteiger partial charge in [-0.05, 0) is 64.8 Å². The third kappa shape index (κ3) is 3.68. The molecule has 0 aliphatic carbocycles. The van der Waals surface area contributed by atoms with Gasteiger partial charge < -0.3 is 9.73 Å². The van der Waals surface area contributed by atoms with Gasteiger partial charge in [-0.25, -0.2) is 0 Å². The Labute approximate surface area is 129 Å². The zero-order valence-electron chi connectivity index (χ0n) is 11.6. The summed E-state index contributed by atoms with van der Waals surface area (Å²) in [5.41, 5.74) is 0.703. The number of alkyl halides is 3. The van der Waals surface area contributed by atoms with Crippen molar-refractivity contribution in [3.05, 3.63) is 57.5 Å². The van der Waals surface area contributed by atoms with Crippen LogP contribution >= 0.6 is 15.9 Å². The minimum atomic E-state index is -4.33. The molecular weight excluding hydrogens is 347 g/mol. The molecule has 21 heavy (non-hydrogen) atoms. The fraction of sp³-hybridized carbons (Fsp3) is 0.333. The molecule has 114 valence electrons. The highest BCUT2D eigenvalue weighted by molar-refractivity contribution is 9.10. The number of hydrogen-bond donors (Lipinski definition) is 1. The molecule has 0 aliphatic rings. The molecule has 0 bridgehead atoms. The Bertz CT molecular complexity index is 622. The second kappa shape index (κ2) is 6.23. The summed E-state index contributed by atoms with van der Waals surface area (Å²) in [7, 11) is 0. The summed E-state index contributed by atoms with van der Waals surface area (Å²) in [6, 6.07) is 7.06. The van der Waals surface area contributed by atoms with Gasteiger partial charge in [-0.3, -0.25) is 0 Å². The monoisotopic (exact) mass is 361 g/mol. The highest BCUT2D eigenvalue weighted by Gasteiger charge is 2.31. The highest BCUT2D eigenvalue weighted by Crippen LogP contribution is 2.33. The second-order valence-corrected chi connectivity index (χ2v) is 5.48. The van der Waals surface area contributed by atoms with E-state index in [9.17, 15) is 13.2 Å². The number of rotatable bonds is 4. The summed E-state index contributed by atoms with van der Waals surface area (Å²) in [4.78, 5) is 0. The summed E-state index contributed by atoms with van der Waals surface area (Å²) in [5, 5.41) is 3.23. The van der Waals surface area contributed by atoms with Crippen LogP contribution in [-0.2, 0) is 6.18 Å². The Morgan fingerprint density at radius 2 is 1.95 bits per heavy atom. The normalized spacial score (nSPS) is 13.4. The zero-order chi connectivity index (χ0) is 15.6. The fourth-order valence-electron chi connectivity index (χ4n) is 2.23. The first-order valence-electron chi connectivity index (χ1n) is 6.49. The van der Waals surface area contributed by atoms with E-state index in [0.717, 1.165) is 17.7 Å². The van der Waals surface area contributed by atoms with Crippen molar-refractivity contribution in [3.63, 3.8) is 0 Å². The van der Waals surface area contributed by atoms with Gasteiger partial charge in [-0.15, -0.1) is 0 Å². The Balaban J connectivity index is 2.42. The van der Waals surface area contributed by atoms with Crippen LogP contribution in [0, 0.1) is 6.92 Å². The van der Waals surface area contributed by atoms with E-state index in [-0.39, 0.29) is 6.04 Å². The average Bonchev–Trinajstić information content (AvgIpc) is 2.82. The van der Waals surface area contributed by atoms with E-state index in [4.69, 9.17) is 4.42 Å². The lowest BCUT2D eigenvalue weighted by Crippen LogP contribution is -2.22. The summed E-state index contributed by atoms with van der Waals surface area (Å²) in [6.45, 7) is 4.28. The number of furan rings is 1. The van der Waals surface area contributed by atoms with Gasteiger partial charge in [0, 0.05) is 0 Å². The summed E-state index contributed by atoms with van der Waals surface area (Å²) >= 11 is 3.24. The van der Waals surface area contributed by atoms with Gasteiger partial charge in [0.2, 0.25) is 0 Å². The Kier molecular flexibility index (Phi) is 4.78. The number of aryl methyl sites for hydroxylation is 1. The lowest BCUT2D eigenvalue weighted by molar-refractivity contribution is -0.137. The van der Waals surface area contributed by atoms with Crippen molar-refractivity contribution in [2.45, 2.75) is 26.1 Å². The van der Waals surface area contributed by atoms with Crippen molar-refractivity contribution < 1.29 is 17.6 Å². The first-order chi connectivity index (χ1) is 9.82. The van der Waals surface area contributed by atoms with Crippen molar-refractivity contribution in [1.29, 1.82) is 0 Å². The standard InChI is InChI=1S/C15H15BrF3NO/c1-3-20-14(12-6-7-13(16)21-12)11-5-4-10(8-9(11)2)15(17,18)19/h4-8,14,20H,3H2,1-2H3. The van der Waals surface area contributed by atoms with Gasteiger partial charge in [-0.1, -0.05) is 13.0 Å². The predicted molar refractivity (Wildman–Crippen MR) is 78.1 cm³/mol. The van der Waals surface area contributed by atoms with Crippen molar-refractivity contribution in [1.82, 2.24) is 5.32 Å². The average molecular weight is 362 g/mol. The van der Waals surface area contributed by atoms with Crippen LogP contribution in [0.1, 0.15) is 35.4 Å². The maximum Gasteiger partial charge on any atom is 0.416 e. The quantitative estimate of drug-likeness (QED) is 0.822. The van der Waals surface area contributed by atoms with Crippen LogP contribution in [0.5, 0.6) is 0 Å². The van der Waals surface area contributed by atoms with E-state index < -0.39 is 11.7 Å². The molecule has 2 rings (SSSR count). The first kappa shape index (κ1) is 16.1. The van der Waals surface area contributed by atoms with E-state index in [0.29, 0.717) is 22.5 Å². The molecule has 0 radical (unpaired) electrons. The smallest absolute Gasteiger partial charge is 0.416 e. The van der Waals surface area contributed by atoms with E-state index in [2.05, 4.69) is 21.2 Å². The molecule has 0 amide bonds. The van der Waals surface area contributed by atoms with E-state index in [1.165, 1.54) is 6.07 Å². The molecule has 0 aliphatic heterocycles. The van der Waals surface area contributed by atoms with Gasteiger partial charge in [0.25, 0.3) is 0 Å². The summed E-state index contributed by atoms with van der Waals surface area (Å²) < 4.78 is 44.3. The van der Waals surface area contributed by atoms with E-state index >= 15 is 0 Å². The van der Waals surface area contributed by atoms with Crippen LogP contribution in [0.25, 0.3) is 0 Å². The van der Waals surface area contributed by atoms with Crippen LogP contribution in [0.2, 0.25) is 0 Å². The molecule has 1 atom stereocenters. The lowest BCUT2D eigenvalue weighted by Gasteiger charge is -2.19. The molecule has 0 spiro atoms. The molecule has 2 aromatic rings. The van der Waals surface area contributed by atoms with Gasteiger partial charge in [-0.2, -0.15) is 13.2 Å². The van der Waals surface area contributed by atoms with Crippen LogP contribution in [0.3, 0.4) is 0 Å². The maximum atomic E-state index is 12.7. The Morgan fingerprint density at radius 3 is 2.43 bits per heavy atom. The Hall–Kier alpha value is -1.27. The molecule has 0 fully saturated rings. The minimum Gasteiger partial charge on any atom is -0.452 e. The largest absolute Gasteiger partial charge is 0.452 e. The minimum absolute atomic E-state index is 0.274.